The molecule has 0 aliphatic heterocycles. The first kappa shape index (κ1) is 13.0. The van der Waals surface area contributed by atoms with Crippen LogP contribution in [-0.4, -0.2) is 0 Å². The Kier molecular flexibility index (Phi) is 3.41. The summed E-state index contributed by atoms with van der Waals surface area (Å²) < 4.78 is 5.31. The van der Waals surface area contributed by atoms with Crippen molar-refractivity contribution in [3.05, 3.63) is 86.6 Å². The van der Waals surface area contributed by atoms with Crippen molar-refractivity contribution in [1.29, 1.82) is 0 Å². The van der Waals surface area contributed by atoms with E-state index in [1.807, 2.05) is 36.4 Å². The van der Waals surface area contributed by atoms with E-state index in [1.165, 1.54) is 0 Å². The lowest BCUT2D eigenvalue weighted by molar-refractivity contribution is 0.553. The summed E-state index contributed by atoms with van der Waals surface area (Å²) in [6.07, 6.45) is 0.363. The van der Waals surface area contributed by atoms with Gasteiger partial charge in [0.1, 0.15) is 5.58 Å². The first-order valence-electron chi connectivity index (χ1n) is 6.43. The number of benzene rings is 2. The van der Waals surface area contributed by atoms with Crippen LogP contribution < -0.4 is 5.63 Å². The summed E-state index contributed by atoms with van der Waals surface area (Å²) in [5, 5.41) is 4.35. The average Bonchev–Trinajstić information content (AvgIpc) is 2.52. The Hall–Kier alpha value is -3.04. The molecule has 102 valence electrons. The fourth-order valence-corrected chi connectivity index (χ4v) is 2.29. The largest absolute Gasteiger partial charge is 0.422 e. The lowest BCUT2D eigenvalue weighted by atomic mass is 10.0. The summed E-state index contributed by atoms with van der Waals surface area (Å²) in [6, 6.07) is 16.5. The molecule has 0 amide bonds. The maximum atomic E-state index is 12.2. The predicted octanol–water partition coefficient (Wildman–Crippen LogP) is 4.33. The van der Waals surface area contributed by atoms with Gasteiger partial charge in [-0.3, -0.25) is 0 Å². The molecule has 0 aliphatic carbocycles. The SMILES string of the molecule is [N-]=[N+]=Nc1c(Cc2ccccc2)c(=O)oc2ccccc12. The molecule has 1 heterocycles. The molecule has 3 aromatic rings. The van der Waals surface area contributed by atoms with E-state index in [2.05, 4.69) is 10.0 Å². The van der Waals surface area contributed by atoms with E-state index in [9.17, 15) is 4.79 Å². The van der Waals surface area contributed by atoms with Gasteiger partial charge >= 0.3 is 5.63 Å². The van der Waals surface area contributed by atoms with Gasteiger partial charge in [-0.2, -0.15) is 0 Å². The van der Waals surface area contributed by atoms with Crippen LogP contribution in [0.5, 0.6) is 0 Å². The molecule has 21 heavy (non-hydrogen) atoms. The molecule has 0 bridgehead atoms. The number of nitrogens with zero attached hydrogens (tertiary/aromatic N) is 3. The van der Waals surface area contributed by atoms with E-state index in [0.29, 0.717) is 28.6 Å². The van der Waals surface area contributed by atoms with Crippen molar-refractivity contribution in [2.45, 2.75) is 6.42 Å². The van der Waals surface area contributed by atoms with Crippen LogP contribution in [0.25, 0.3) is 21.4 Å². The Bertz CT molecular complexity index is 894. The van der Waals surface area contributed by atoms with Gasteiger partial charge < -0.3 is 4.42 Å². The molecular formula is C16H11N3O2. The van der Waals surface area contributed by atoms with Gasteiger partial charge in [-0.15, -0.1) is 0 Å². The van der Waals surface area contributed by atoms with Crippen molar-refractivity contribution in [3.8, 4) is 0 Å². The summed E-state index contributed by atoms with van der Waals surface area (Å²) in [7, 11) is 0. The van der Waals surface area contributed by atoms with E-state index in [1.54, 1.807) is 18.2 Å². The molecule has 0 atom stereocenters. The Labute approximate surface area is 120 Å². The van der Waals surface area contributed by atoms with Gasteiger partial charge in [0, 0.05) is 16.7 Å². The van der Waals surface area contributed by atoms with E-state index >= 15 is 0 Å². The number of azide groups is 1. The number of rotatable bonds is 3. The highest BCUT2D eigenvalue weighted by Gasteiger charge is 2.13. The molecule has 0 radical (unpaired) electrons. The second-order valence-corrected chi connectivity index (χ2v) is 4.56. The van der Waals surface area contributed by atoms with Crippen LogP contribution in [-0.2, 0) is 6.42 Å². The van der Waals surface area contributed by atoms with Crippen molar-refractivity contribution in [1.82, 2.24) is 0 Å². The van der Waals surface area contributed by atoms with Crippen molar-refractivity contribution in [2.24, 2.45) is 5.11 Å². The molecule has 0 N–H and O–H groups in total. The van der Waals surface area contributed by atoms with E-state index < -0.39 is 5.63 Å². The van der Waals surface area contributed by atoms with Crippen LogP contribution in [0.1, 0.15) is 11.1 Å². The Morgan fingerprint density at radius 3 is 2.52 bits per heavy atom. The molecule has 0 aliphatic rings. The minimum absolute atomic E-state index is 0.341. The standard InChI is InChI=1S/C16H11N3O2/c17-19-18-15-12-8-4-5-9-14(12)21-16(20)13(15)10-11-6-2-1-3-7-11/h1-9H,10H2. The highest BCUT2D eigenvalue weighted by molar-refractivity contribution is 5.89. The van der Waals surface area contributed by atoms with Crippen LogP contribution in [0.3, 0.4) is 0 Å². The van der Waals surface area contributed by atoms with Gasteiger partial charge in [0.2, 0.25) is 0 Å². The summed E-state index contributed by atoms with van der Waals surface area (Å²) in [5.74, 6) is 0. The molecule has 1 aromatic heterocycles. The second-order valence-electron chi connectivity index (χ2n) is 4.56. The van der Waals surface area contributed by atoms with Gasteiger partial charge in [0.25, 0.3) is 0 Å². The number of fused-ring (bicyclic) bond motifs is 1. The van der Waals surface area contributed by atoms with Crippen LogP contribution in [0, 0.1) is 0 Å². The van der Waals surface area contributed by atoms with Crippen LogP contribution in [0.15, 0.2) is 68.9 Å². The van der Waals surface area contributed by atoms with Crippen LogP contribution in [0.4, 0.5) is 5.69 Å². The Morgan fingerprint density at radius 1 is 1.05 bits per heavy atom. The molecule has 3 rings (SSSR count). The van der Waals surface area contributed by atoms with Crippen molar-refractivity contribution in [2.75, 3.05) is 0 Å². The van der Waals surface area contributed by atoms with Gasteiger partial charge in [0.15, 0.2) is 0 Å². The molecule has 5 heteroatoms. The minimum atomic E-state index is -0.472. The molecule has 0 unspecified atom stereocenters. The summed E-state index contributed by atoms with van der Waals surface area (Å²) >= 11 is 0. The lowest BCUT2D eigenvalue weighted by Crippen LogP contribution is -2.08. The van der Waals surface area contributed by atoms with Gasteiger partial charge in [-0.25, -0.2) is 4.79 Å². The lowest BCUT2D eigenvalue weighted by Gasteiger charge is -2.07. The molecule has 0 saturated carbocycles. The minimum Gasteiger partial charge on any atom is -0.422 e. The normalized spacial score (nSPS) is 10.3. The maximum Gasteiger partial charge on any atom is 0.340 e. The zero-order valence-corrected chi connectivity index (χ0v) is 11.1. The molecule has 0 spiro atoms. The number of hydrogen-bond acceptors (Lipinski definition) is 3. The average molecular weight is 277 g/mol. The summed E-state index contributed by atoms with van der Waals surface area (Å²) in [4.78, 5) is 15.0. The molecule has 2 aromatic carbocycles. The van der Waals surface area contributed by atoms with Gasteiger partial charge in [-0.05, 0) is 17.2 Å². The van der Waals surface area contributed by atoms with E-state index in [0.717, 1.165) is 5.56 Å². The molecule has 0 fully saturated rings. The van der Waals surface area contributed by atoms with E-state index in [4.69, 9.17) is 9.95 Å². The fourth-order valence-electron chi connectivity index (χ4n) is 2.29. The number of hydrogen-bond donors (Lipinski definition) is 0. The highest BCUT2D eigenvalue weighted by Crippen LogP contribution is 2.29. The molecule has 5 nitrogen and oxygen atoms in total. The zero-order valence-electron chi connectivity index (χ0n) is 11.1. The second kappa shape index (κ2) is 5.53. The summed E-state index contributed by atoms with van der Waals surface area (Å²) in [6.45, 7) is 0. The van der Waals surface area contributed by atoms with Crippen molar-refractivity contribution < 1.29 is 4.42 Å². The van der Waals surface area contributed by atoms with E-state index in [-0.39, 0.29) is 0 Å². The van der Waals surface area contributed by atoms with Gasteiger partial charge in [-0.1, -0.05) is 53.6 Å². The highest BCUT2D eigenvalue weighted by atomic mass is 16.4. The smallest absolute Gasteiger partial charge is 0.340 e. The monoisotopic (exact) mass is 277 g/mol. The Morgan fingerprint density at radius 2 is 1.76 bits per heavy atom. The maximum absolute atomic E-state index is 12.2. The van der Waals surface area contributed by atoms with Crippen molar-refractivity contribution in [3.63, 3.8) is 0 Å². The molecular weight excluding hydrogens is 266 g/mol. The van der Waals surface area contributed by atoms with Crippen LogP contribution in [0.2, 0.25) is 0 Å². The number of para-hydroxylation sites is 1. The molecule has 0 saturated heterocycles. The fraction of sp³-hybridized carbons (Fsp3) is 0.0625. The van der Waals surface area contributed by atoms with Gasteiger partial charge in [0.05, 0.1) is 11.3 Å². The first-order chi connectivity index (χ1) is 10.3. The third-order valence-corrected chi connectivity index (χ3v) is 3.25. The third kappa shape index (κ3) is 2.50. The van der Waals surface area contributed by atoms with Crippen LogP contribution >= 0.6 is 0 Å². The quantitative estimate of drug-likeness (QED) is 0.309. The Balaban J connectivity index is 2.26. The zero-order chi connectivity index (χ0) is 14.7. The first-order valence-corrected chi connectivity index (χ1v) is 6.43. The topological polar surface area (TPSA) is 79.0 Å². The third-order valence-electron chi connectivity index (χ3n) is 3.25. The van der Waals surface area contributed by atoms with Crippen molar-refractivity contribution >= 4 is 16.7 Å². The summed E-state index contributed by atoms with van der Waals surface area (Å²) in [5.41, 5.74) is 10.4. The predicted molar refractivity (Wildman–Crippen MR) is 80.5 cm³/mol.